The number of benzene rings is 2. The topological polar surface area (TPSA) is 69.0 Å². The van der Waals surface area contributed by atoms with Crippen LogP contribution in [0.2, 0.25) is 0 Å². The number of hydrogen-bond donors (Lipinski definition) is 1. The van der Waals surface area contributed by atoms with Gasteiger partial charge < -0.3 is 10.1 Å². The highest BCUT2D eigenvalue weighted by Gasteiger charge is 2.17. The number of amides is 1. The van der Waals surface area contributed by atoms with E-state index in [1.165, 1.54) is 0 Å². The number of para-hydroxylation sites is 1. The maximum absolute atomic E-state index is 13.0. The number of pyridine rings is 1. The Morgan fingerprint density at radius 3 is 2.47 bits per heavy atom. The molecule has 150 valence electrons. The molecule has 2 aromatic carbocycles. The zero-order valence-corrected chi connectivity index (χ0v) is 16.7. The van der Waals surface area contributed by atoms with E-state index in [-0.39, 0.29) is 5.91 Å². The average molecular weight is 398 g/mol. The third-order valence-corrected chi connectivity index (χ3v) is 4.72. The van der Waals surface area contributed by atoms with Gasteiger partial charge in [0.25, 0.3) is 5.91 Å². The molecule has 6 heteroatoms. The number of hydrogen-bond acceptors (Lipinski definition) is 4. The Kier molecular flexibility index (Phi) is 5.85. The van der Waals surface area contributed by atoms with Crippen molar-refractivity contribution in [1.82, 2.24) is 20.1 Å². The van der Waals surface area contributed by atoms with E-state index in [2.05, 4.69) is 10.3 Å². The lowest BCUT2D eigenvalue weighted by atomic mass is 10.1. The van der Waals surface area contributed by atoms with Gasteiger partial charge >= 0.3 is 0 Å². The highest BCUT2D eigenvalue weighted by Crippen LogP contribution is 2.24. The minimum Gasteiger partial charge on any atom is -0.497 e. The summed E-state index contributed by atoms with van der Waals surface area (Å²) in [4.78, 5) is 17.3. The SMILES string of the molecule is COc1ccc(-c2cc(C(=O)NCCc3ccccn3)n(-c3ccccc3)n2)cc1. The Morgan fingerprint density at radius 1 is 1.00 bits per heavy atom. The standard InChI is InChI=1S/C24H22N4O2/c1-30-21-12-10-18(11-13-21)22-17-23(28(27-22)20-8-3-2-4-9-20)24(29)26-16-14-19-7-5-6-15-25-19/h2-13,15,17H,14,16H2,1H3,(H,26,29). The van der Waals surface area contributed by atoms with Gasteiger partial charge in [0.2, 0.25) is 0 Å². The molecule has 0 spiro atoms. The molecule has 2 aromatic heterocycles. The van der Waals surface area contributed by atoms with E-state index in [4.69, 9.17) is 9.84 Å². The van der Waals surface area contributed by atoms with Crippen LogP contribution in [0.15, 0.2) is 85.1 Å². The minimum absolute atomic E-state index is 0.179. The third-order valence-electron chi connectivity index (χ3n) is 4.72. The molecule has 1 N–H and O–H groups in total. The molecule has 0 bridgehead atoms. The Labute approximate surface area is 175 Å². The van der Waals surface area contributed by atoms with Crippen LogP contribution < -0.4 is 10.1 Å². The van der Waals surface area contributed by atoms with Crippen LogP contribution in [-0.4, -0.2) is 34.3 Å². The fourth-order valence-electron chi connectivity index (χ4n) is 3.15. The molecule has 0 fully saturated rings. The predicted octanol–water partition coefficient (Wildman–Crippen LogP) is 3.92. The lowest BCUT2D eigenvalue weighted by Gasteiger charge is -2.08. The molecule has 0 aliphatic rings. The summed E-state index contributed by atoms with van der Waals surface area (Å²) in [6.07, 6.45) is 2.42. The van der Waals surface area contributed by atoms with Crippen molar-refractivity contribution in [2.75, 3.05) is 13.7 Å². The van der Waals surface area contributed by atoms with E-state index < -0.39 is 0 Å². The van der Waals surface area contributed by atoms with Crippen LogP contribution in [-0.2, 0) is 6.42 Å². The molecule has 0 aliphatic carbocycles. The summed E-state index contributed by atoms with van der Waals surface area (Å²) in [5.74, 6) is 0.593. The summed E-state index contributed by atoms with van der Waals surface area (Å²) in [6.45, 7) is 0.494. The number of ether oxygens (including phenoxy) is 1. The van der Waals surface area contributed by atoms with Gasteiger partial charge in [0.1, 0.15) is 11.4 Å². The van der Waals surface area contributed by atoms with E-state index in [9.17, 15) is 4.79 Å². The number of rotatable bonds is 7. The Hall–Kier alpha value is -3.93. The van der Waals surface area contributed by atoms with Crippen LogP contribution in [0.1, 0.15) is 16.2 Å². The lowest BCUT2D eigenvalue weighted by molar-refractivity contribution is 0.0946. The first-order chi connectivity index (χ1) is 14.7. The molecular weight excluding hydrogens is 376 g/mol. The molecule has 0 unspecified atom stereocenters. The van der Waals surface area contributed by atoms with Crippen molar-refractivity contribution < 1.29 is 9.53 Å². The maximum Gasteiger partial charge on any atom is 0.270 e. The van der Waals surface area contributed by atoms with Crippen molar-refractivity contribution in [3.05, 3.63) is 96.4 Å². The van der Waals surface area contributed by atoms with Gasteiger partial charge in [0.15, 0.2) is 0 Å². The second-order valence-electron chi connectivity index (χ2n) is 6.72. The van der Waals surface area contributed by atoms with Crippen molar-refractivity contribution in [2.24, 2.45) is 0 Å². The summed E-state index contributed by atoms with van der Waals surface area (Å²) in [5, 5.41) is 7.68. The normalized spacial score (nSPS) is 10.6. The zero-order valence-electron chi connectivity index (χ0n) is 16.7. The van der Waals surface area contributed by atoms with Crippen LogP contribution in [0.3, 0.4) is 0 Å². The molecule has 4 rings (SSSR count). The molecule has 0 saturated carbocycles. The molecule has 2 heterocycles. The van der Waals surface area contributed by atoms with Gasteiger partial charge in [0, 0.05) is 30.4 Å². The summed E-state index contributed by atoms with van der Waals surface area (Å²) in [6, 6.07) is 24.8. The molecule has 0 saturated heterocycles. The summed E-state index contributed by atoms with van der Waals surface area (Å²) in [7, 11) is 1.63. The van der Waals surface area contributed by atoms with Gasteiger partial charge in [-0.15, -0.1) is 0 Å². The Morgan fingerprint density at radius 2 is 1.77 bits per heavy atom. The summed E-state index contributed by atoms with van der Waals surface area (Å²) >= 11 is 0. The highest BCUT2D eigenvalue weighted by atomic mass is 16.5. The smallest absolute Gasteiger partial charge is 0.270 e. The molecule has 1 amide bonds. The minimum atomic E-state index is -0.179. The molecule has 30 heavy (non-hydrogen) atoms. The van der Waals surface area contributed by atoms with Crippen molar-refractivity contribution in [2.45, 2.75) is 6.42 Å². The third kappa shape index (κ3) is 4.38. The van der Waals surface area contributed by atoms with Crippen LogP contribution in [0.25, 0.3) is 16.9 Å². The molecular formula is C24H22N4O2. The first-order valence-electron chi connectivity index (χ1n) is 9.72. The monoisotopic (exact) mass is 398 g/mol. The highest BCUT2D eigenvalue weighted by molar-refractivity contribution is 5.94. The number of nitrogens with zero attached hydrogens (tertiary/aromatic N) is 3. The predicted molar refractivity (Wildman–Crippen MR) is 116 cm³/mol. The molecule has 0 atom stereocenters. The van der Waals surface area contributed by atoms with E-state index in [1.807, 2.05) is 78.9 Å². The van der Waals surface area contributed by atoms with Crippen LogP contribution in [0.5, 0.6) is 5.75 Å². The van der Waals surface area contributed by atoms with E-state index >= 15 is 0 Å². The van der Waals surface area contributed by atoms with E-state index in [1.54, 1.807) is 18.0 Å². The average Bonchev–Trinajstić information content (AvgIpc) is 3.26. The molecule has 4 aromatic rings. The fourth-order valence-corrected chi connectivity index (χ4v) is 3.15. The first kappa shape index (κ1) is 19.4. The van der Waals surface area contributed by atoms with Crippen LogP contribution in [0, 0.1) is 0 Å². The number of carbonyl (C=O) groups is 1. The second-order valence-corrected chi connectivity index (χ2v) is 6.72. The first-order valence-corrected chi connectivity index (χ1v) is 9.72. The number of nitrogens with one attached hydrogen (secondary N) is 1. The largest absolute Gasteiger partial charge is 0.497 e. The lowest BCUT2D eigenvalue weighted by Crippen LogP contribution is -2.28. The number of carbonyl (C=O) groups excluding carboxylic acids is 1. The second kappa shape index (κ2) is 9.05. The van der Waals surface area contributed by atoms with E-state index in [0.29, 0.717) is 18.7 Å². The fraction of sp³-hybridized carbons (Fsp3) is 0.125. The van der Waals surface area contributed by atoms with Crippen molar-refractivity contribution in [1.29, 1.82) is 0 Å². The van der Waals surface area contributed by atoms with Crippen molar-refractivity contribution in [3.63, 3.8) is 0 Å². The summed E-state index contributed by atoms with van der Waals surface area (Å²) < 4.78 is 6.90. The maximum atomic E-state index is 13.0. The Balaban J connectivity index is 1.59. The van der Waals surface area contributed by atoms with Gasteiger partial charge in [-0.1, -0.05) is 24.3 Å². The zero-order chi connectivity index (χ0) is 20.8. The Bertz CT molecular complexity index is 1110. The van der Waals surface area contributed by atoms with Crippen molar-refractivity contribution in [3.8, 4) is 22.7 Å². The molecule has 0 aliphatic heterocycles. The number of methoxy groups -OCH3 is 1. The number of aromatic nitrogens is 3. The van der Waals surface area contributed by atoms with Gasteiger partial charge in [-0.25, -0.2) is 4.68 Å². The van der Waals surface area contributed by atoms with Crippen molar-refractivity contribution >= 4 is 5.91 Å². The van der Waals surface area contributed by atoms with Gasteiger partial charge in [-0.3, -0.25) is 9.78 Å². The summed E-state index contributed by atoms with van der Waals surface area (Å²) in [5.41, 5.74) is 3.87. The van der Waals surface area contributed by atoms with Crippen LogP contribution in [0.4, 0.5) is 0 Å². The van der Waals surface area contributed by atoms with Crippen LogP contribution >= 0.6 is 0 Å². The van der Waals surface area contributed by atoms with Gasteiger partial charge in [0.05, 0.1) is 18.5 Å². The van der Waals surface area contributed by atoms with E-state index in [0.717, 1.165) is 28.4 Å². The molecule has 6 nitrogen and oxygen atoms in total. The quantitative estimate of drug-likeness (QED) is 0.512. The van der Waals surface area contributed by atoms with Gasteiger partial charge in [-0.05, 0) is 54.6 Å². The van der Waals surface area contributed by atoms with Gasteiger partial charge in [-0.2, -0.15) is 5.10 Å². The molecule has 0 radical (unpaired) electrons.